The number of rotatable bonds is 82. The van der Waals surface area contributed by atoms with E-state index in [2.05, 4.69) is 58.9 Å². The number of hydrogen-bond acceptors (Lipinski definition) is 15. The Kier molecular flexibility index (Phi) is 74.5. The molecular weight excluding hydrogens is 1340 g/mol. The molecule has 0 saturated carbocycles. The molecule has 103 heavy (non-hydrogen) atoms. The maximum absolute atomic E-state index is 13.1. The lowest BCUT2D eigenvalue weighted by atomic mass is 9.99. The van der Waals surface area contributed by atoms with Crippen LogP contribution in [0.4, 0.5) is 0 Å². The molecule has 0 aromatic carbocycles. The quantitative estimate of drug-likeness (QED) is 0.0169. The van der Waals surface area contributed by atoms with Crippen molar-refractivity contribution >= 4 is 39.5 Å². The van der Waals surface area contributed by atoms with Crippen molar-refractivity contribution in [2.24, 2.45) is 5.92 Å². The number of aliphatic hydroxyl groups is 1. The summed E-state index contributed by atoms with van der Waals surface area (Å²) in [6.45, 7) is 7.30. The van der Waals surface area contributed by atoms with Crippen molar-refractivity contribution in [1.82, 2.24) is 0 Å². The molecule has 0 amide bonds. The van der Waals surface area contributed by atoms with Crippen molar-refractivity contribution in [3.05, 3.63) is 24.3 Å². The Morgan fingerprint density at radius 2 is 0.544 bits per heavy atom. The minimum Gasteiger partial charge on any atom is -0.462 e. The molecule has 0 fully saturated rings. The van der Waals surface area contributed by atoms with E-state index in [1.807, 2.05) is 0 Å². The van der Waals surface area contributed by atoms with Crippen molar-refractivity contribution in [3.63, 3.8) is 0 Å². The summed E-state index contributed by atoms with van der Waals surface area (Å²) in [5, 5.41) is 10.6. The molecule has 0 aliphatic heterocycles. The topological polar surface area (TPSA) is 237 Å². The van der Waals surface area contributed by atoms with E-state index < -0.39 is 97.5 Å². The first-order chi connectivity index (χ1) is 50.1. The molecule has 0 saturated heterocycles. The molecule has 0 radical (unpaired) electrons. The molecule has 0 aliphatic rings. The summed E-state index contributed by atoms with van der Waals surface area (Å²) >= 11 is 0. The van der Waals surface area contributed by atoms with E-state index in [-0.39, 0.29) is 25.7 Å². The Balaban J connectivity index is 5.21. The van der Waals surface area contributed by atoms with E-state index in [9.17, 15) is 43.2 Å². The molecule has 6 atom stereocenters. The van der Waals surface area contributed by atoms with Crippen molar-refractivity contribution in [1.29, 1.82) is 0 Å². The Morgan fingerprint density at radius 3 is 0.825 bits per heavy atom. The second-order valence-corrected chi connectivity index (χ2v) is 32.7. The summed E-state index contributed by atoms with van der Waals surface area (Å²) in [6, 6.07) is 0. The monoisotopic (exact) mass is 1500 g/mol. The molecule has 0 bridgehead atoms. The number of carbonyl (C=O) groups excluding carboxylic acids is 4. The SMILES string of the molecule is CCCCCC/C=C\C=C/CCCCCCCC(=O)O[C@H](COC(=O)CCCCCCCCCC)COP(=O)(O)OC[C@H](O)COP(=O)(O)OC[C@@H](COC(=O)CCCCCCCCCCCCCCCCC(C)CC)OC(=O)CCCCCCCCCCCCCCCCCCCCCCCC. The van der Waals surface area contributed by atoms with Gasteiger partial charge in [0.1, 0.15) is 19.3 Å². The van der Waals surface area contributed by atoms with Crippen LogP contribution in [0.2, 0.25) is 0 Å². The standard InChI is InChI=1S/C84H160O17P2/c1-6-10-13-16-19-22-24-26-28-29-30-31-32-33-34-36-42-46-50-55-60-65-70-84(89)101-80(74-95-82(87)68-63-58-53-48-44-40-38-37-39-43-47-51-56-61-66-77(5)9-4)76-99-103(92,93)97-72-78(85)71-96-102(90,91)98-75-79(73-94-81(86)67-62-57-52-21-18-15-12-8-3)100-83(88)69-64-59-54-49-45-41-35-27-25-23-20-17-14-11-7-2/h23,25,27,35,77-80,85H,6-22,24,26,28-34,36-76H2,1-5H3,(H,90,91)(H,92,93)/b25-23-,35-27-/t77?,78-,79+,80+/m0/s1. The lowest BCUT2D eigenvalue weighted by molar-refractivity contribution is -0.161. The normalized spacial score (nSPS) is 14.2. The van der Waals surface area contributed by atoms with Gasteiger partial charge in [0.15, 0.2) is 12.2 Å². The zero-order chi connectivity index (χ0) is 75.5. The molecule has 3 unspecified atom stereocenters. The van der Waals surface area contributed by atoms with Crippen molar-refractivity contribution < 1.29 is 80.2 Å². The number of allylic oxidation sites excluding steroid dienone is 4. The van der Waals surface area contributed by atoms with E-state index in [0.29, 0.717) is 25.7 Å². The average Bonchev–Trinajstić information content (AvgIpc) is 0.934. The molecule has 0 aromatic heterocycles. The van der Waals surface area contributed by atoms with Crippen LogP contribution in [0.5, 0.6) is 0 Å². The van der Waals surface area contributed by atoms with Crippen LogP contribution in [0.25, 0.3) is 0 Å². The third-order valence-electron chi connectivity index (χ3n) is 19.5. The minimum atomic E-state index is -4.97. The Labute approximate surface area is 631 Å². The fraction of sp³-hybridized carbons (Fsp3) is 0.905. The number of carbonyl (C=O) groups is 4. The summed E-state index contributed by atoms with van der Waals surface area (Å²) in [4.78, 5) is 73.0. The van der Waals surface area contributed by atoms with Gasteiger partial charge in [0.25, 0.3) is 0 Å². The highest BCUT2D eigenvalue weighted by molar-refractivity contribution is 7.47. The van der Waals surface area contributed by atoms with Gasteiger partial charge in [-0.25, -0.2) is 9.13 Å². The molecule has 608 valence electrons. The minimum absolute atomic E-state index is 0.0853. The third kappa shape index (κ3) is 76.1. The number of aliphatic hydroxyl groups excluding tert-OH is 1. The van der Waals surface area contributed by atoms with Crippen LogP contribution in [0.3, 0.4) is 0 Å². The number of phosphoric ester groups is 2. The van der Waals surface area contributed by atoms with Crippen LogP contribution in [0.15, 0.2) is 24.3 Å². The fourth-order valence-electron chi connectivity index (χ4n) is 12.5. The van der Waals surface area contributed by atoms with Crippen LogP contribution >= 0.6 is 15.6 Å². The van der Waals surface area contributed by atoms with Crippen LogP contribution in [-0.4, -0.2) is 96.7 Å². The number of unbranched alkanes of at least 4 members (excludes halogenated alkanes) is 50. The maximum atomic E-state index is 13.1. The van der Waals surface area contributed by atoms with E-state index >= 15 is 0 Å². The first-order valence-electron chi connectivity index (χ1n) is 43.0. The summed E-state index contributed by atoms with van der Waals surface area (Å²) in [5.74, 6) is -1.29. The lowest BCUT2D eigenvalue weighted by Crippen LogP contribution is -2.30. The maximum Gasteiger partial charge on any atom is 0.472 e. The molecule has 0 aliphatic carbocycles. The van der Waals surface area contributed by atoms with Gasteiger partial charge < -0.3 is 33.8 Å². The zero-order valence-corrected chi connectivity index (χ0v) is 68.7. The second kappa shape index (κ2) is 76.3. The first-order valence-corrected chi connectivity index (χ1v) is 46.0. The molecule has 19 heteroatoms. The van der Waals surface area contributed by atoms with Gasteiger partial charge in [-0.1, -0.05) is 374 Å². The lowest BCUT2D eigenvalue weighted by Gasteiger charge is -2.21. The predicted molar refractivity (Wildman–Crippen MR) is 423 cm³/mol. The highest BCUT2D eigenvalue weighted by atomic mass is 31.2. The number of phosphoric acid groups is 2. The average molecular weight is 1500 g/mol. The molecule has 0 rings (SSSR count). The highest BCUT2D eigenvalue weighted by Crippen LogP contribution is 2.45. The van der Waals surface area contributed by atoms with E-state index in [1.54, 1.807) is 0 Å². The van der Waals surface area contributed by atoms with E-state index in [0.717, 1.165) is 115 Å². The van der Waals surface area contributed by atoms with Gasteiger partial charge in [-0.15, -0.1) is 0 Å². The highest BCUT2D eigenvalue weighted by Gasteiger charge is 2.30. The van der Waals surface area contributed by atoms with E-state index in [4.69, 9.17) is 37.0 Å². The second-order valence-electron chi connectivity index (χ2n) is 29.8. The fourth-order valence-corrected chi connectivity index (χ4v) is 14.1. The Hall–Kier alpha value is -2.46. The van der Waals surface area contributed by atoms with Crippen LogP contribution in [0, 0.1) is 5.92 Å². The molecule has 17 nitrogen and oxygen atoms in total. The third-order valence-corrected chi connectivity index (χ3v) is 21.4. The van der Waals surface area contributed by atoms with Crippen LogP contribution in [-0.2, 0) is 65.4 Å². The first kappa shape index (κ1) is 101. The Bertz CT molecular complexity index is 2060. The van der Waals surface area contributed by atoms with Gasteiger partial charge in [0, 0.05) is 25.7 Å². The van der Waals surface area contributed by atoms with Gasteiger partial charge in [0.2, 0.25) is 0 Å². The molecule has 0 spiro atoms. The van der Waals surface area contributed by atoms with E-state index in [1.165, 1.54) is 231 Å². The summed E-state index contributed by atoms with van der Waals surface area (Å²) in [6.07, 6.45) is 71.7. The van der Waals surface area contributed by atoms with Gasteiger partial charge in [-0.3, -0.25) is 37.3 Å². The number of esters is 4. The molecule has 3 N–H and O–H groups in total. The summed E-state index contributed by atoms with van der Waals surface area (Å²) in [7, 11) is -9.93. The number of hydrogen-bond donors (Lipinski definition) is 3. The summed E-state index contributed by atoms with van der Waals surface area (Å²) in [5.41, 5.74) is 0. The van der Waals surface area contributed by atoms with Gasteiger partial charge in [0.05, 0.1) is 26.4 Å². The van der Waals surface area contributed by atoms with Gasteiger partial charge >= 0.3 is 39.5 Å². The van der Waals surface area contributed by atoms with Crippen LogP contribution in [0.1, 0.15) is 426 Å². The molecule has 0 aromatic rings. The largest absolute Gasteiger partial charge is 0.472 e. The van der Waals surface area contributed by atoms with Gasteiger partial charge in [-0.05, 0) is 57.3 Å². The number of ether oxygens (including phenoxy) is 4. The van der Waals surface area contributed by atoms with Crippen molar-refractivity contribution in [2.75, 3.05) is 39.6 Å². The van der Waals surface area contributed by atoms with Crippen molar-refractivity contribution in [2.45, 2.75) is 445 Å². The van der Waals surface area contributed by atoms with Gasteiger partial charge in [-0.2, -0.15) is 0 Å². The predicted octanol–water partition coefficient (Wildman–Crippen LogP) is 25.1. The smallest absolute Gasteiger partial charge is 0.462 e. The zero-order valence-electron chi connectivity index (χ0n) is 66.9. The molecular formula is C84H160O17P2. The summed E-state index contributed by atoms with van der Waals surface area (Å²) < 4.78 is 68.7. The Morgan fingerprint density at radius 1 is 0.311 bits per heavy atom. The molecule has 0 heterocycles. The van der Waals surface area contributed by atoms with Crippen molar-refractivity contribution in [3.8, 4) is 0 Å². The van der Waals surface area contributed by atoms with Crippen LogP contribution < -0.4 is 0 Å².